The van der Waals surface area contributed by atoms with Crippen LogP contribution >= 0.6 is 0 Å². The number of amides is 2. The molecule has 0 unspecified atom stereocenters. The molecule has 2 rings (SSSR count). The summed E-state index contributed by atoms with van der Waals surface area (Å²) in [5.41, 5.74) is 1.91. The quantitative estimate of drug-likeness (QED) is 0.634. The van der Waals surface area contributed by atoms with E-state index in [4.69, 9.17) is 0 Å². The van der Waals surface area contributed by atoms with Gasteiger partial charge < -0.3 is 15.7 Å². The van der Waals surface area contributed by atoms with Crippen molar-refractivity contribution in [3.8, 4) is 0 Å². The molecular formula is C22H25FN2O4. The number of halogens is 1. The number of hydrogen-bond donors (Lipinski definition) is 3. The fourth-order valence-corrected chi connectivity index (χ4v) is 2.85. The first-order chi connectivity index (χ1) is 13.7. The Labute approximate surface area is 169 Å². The van der Waals surface area contributed by atoms with Crippen LogP contribution in [0.1, 0.15) is 47.8 Å². The maximum Gasteiger partial charge on any atom is 0.305 e. The Hall–Kier alpha value is -3.22. The van der Waals surface area contributed by atoms with E-state index in [1.54, 1.807) is 26.0 Å². The molecule has 2 aromatic rings. The van der Waals surface area contributed by atoms with Gasteiger partial charge in [-0.3, -0.25) is 14.4 Å². The van der Waals surface area contributed by atoms with Crippen molar-refractivity contribution in [2.45, 2.75) is 39.3 Å². The maximum absolute atomic E-state index is 13.1. The smallest absolute Gasteiger partial charge is 0.305 e. The van der Waals surface area contributed by atoms with Gasteiger partial charge in [0.25, 0.3) is 5.91 Å². The second-order valence-corrected chi connectivity index (χ2v) is 7.27. The topological polar surface area (TPSA) is 95.5 Å². The van der Waals surface area contributed by atoms with Crippen molar-refractivity contribution in [2.24, 2.45) is 5.92 Å². The highest BCUT2D eigenvalue weighted by molar-refractivity contribution is 5.97. The van der Waals surface area contributed by atoms with E-state index in [2.05, 4.69) is 10.6 Å². The monoisotopic (exact) mass is 400 g/mol. The first-order valence-electron chi connectivity index (χ1n) is 9.32. The highest BCUT2D eigenvalue weighted by Crippen LogP contribution is 2.19. The van der Waals surface area contributed by atoms with Gasteiger partial charge in [-0.15, -0.1) is 0 Å². The third-order valence-electron chi connectivity index (χ3n) is 4.52. The molecule has 154 valence electrons. The molecule has 0 saturated carbocycles. The molecule has 6 nitrogen and oxygen atoms in total. The minimum absolute atomic E-state index is 0.227. The van der Waals surface area contributed by atoms with Crippen LogP contribution in [-0.2, 0) is 9.59 Å². The molecule has 0 spiro atoms. The lowest BCUT2D eigenvalue weighted by Gasteiger charge is -2.25. The number of carbonyl (C=O) groups is 3. The van der Waals surface area contributed by atoms with E-state index < -0.39 is 35.7 Å². The minimum Gasteiger partial charge on any atom is -0.481 e. The van der Waals surface area contributed by atoms with Crippen LogP contribution in [0.4, 0.5) is 4.39 Å². The number of benzene rings is 2. The normalized spacial score (nSPS) is 12.9. The summed E-state index contributed by atoms with van der Waals surface area (Å²) in [7, 11) is 0. The molecule has 0 heterocycles. The number of carbonyl (C=O) groups excluding carboxylic acids is 2. The summed E-state index contributed by atoms with van der Waals surface area (Å²) in [6.07, 6.45) is -0.286. The van der Waals surface area contributed by atoms with Gasteiger partial charge in [0.15, 0.2) is 0 Å². The average Bonchev–Trinajstić information content (AvgIpc) is 2.65. The number of aryl methyl sites for hydroxylation is 1. The molecule has 29 heavy (non-hydrogen) atoms. The molecular weight excluding hydrogens is 375 g/mol. The van der Waals surface area contributed by atoms with E-state index in [0.717, 1.165) is 5.56 Å². The Bertz CT molecular complexity index is 863. The number of hydrogen-bond acceptors (Lipinski definition) is 3. The van der Waals surface area contributed by atoms with Crippen LogP contribution in [0, 0.1) is 18.7 Å². The van der Waals surface area contributed by atoms with Crippen molar-refractivity contribution in [3.05, 3.63) is 71.0 Å². The van der Waals surface area contributed by atoms with Gasteiger partial charge in [0.2, 0.25) is 5.91 Å². The van der Waals surface area contributed by atoms with Crippen molar-refractivity contribution in [3.63, 3.8) is 0 Å². The fraction of sp³-hybridized carbons (Fsp3) is 0.318. The summed E-state index contributed by atoms with van der Waals surface area (Å²) < 4.78 is 13.1. The largest absolute Gasteiger partial charge is 0.481 e. The van der Waals surface area contributed by atoms with E-state index in [0.29, 0.717) is 5.56 Å². The third-order valence-corrected chi connectivity index (χ3v) is 4.52. The van der Waals surface area contributed by atoms with Crippen molar-refractivity contribution in [1.29, 1.82) is 0 Å². The first-order valence-corrected chi connectivity index (χ1v) is 9.32. The molecule has 0 aliphatic heterocycles. The number of rotatable bonds is 8. The van der Waals surface area contributed by atoms with Gasteiger partial charge in [-0.1, -0.05) is 43.7 Å². The van der Waals surface area contributed by atoms with Gasteiger partial charge >= 0.3 is 5.97 Å². The summed E-state index contributed by atoms with van der Waals surface area (Å²) in [6.45, 7) is 5.45. The van der Waals surface area contributed by atoms with E-state index in [1.165, 1.54) is 24.3 Å². The highest BCUT2D eigenvalue weighted by atomic mass is 19.1. The van der Waals surface area contributed by atoms with E-state index in [1.807, 2.05) is 19.1 Å². The Morgan fingerprint density at radius 2 is 1.55 bits per heavy atom. The minimum atomic E-state index is -1.05. The zero-order valence-electron chi connectivity index (χ0n) is 16.6. The fourth-order valence-electron chi connectivity index (χ4n) is 2.85. The Morgan fingerprint density at radius 1 is 0.966 bits per heavy atom. The zero-order valence-corrected chi connectivity index (χ0v) is 16.6. The highest BCUT2D eigenvalue weighted by Gasteiger charge is 2.28. The van der Waals surface area contributed by atoms with E-state index in [-0.39, 0.29) is 17.9 Å². The van der Waals surface area contributed by atoms with Crippen molar-refractivity contribution >= 4 is 17.8 Å². The van der Waals surface area contributed by atoms with Gasteiger partial charge in [-0.25, -0.2) is 4.39 Å². The molecule has 0 aliphatic carbocycles. The number of carboxylic acids is 1. The Kier molecular flexibility index (Phi) is 7.47. The van der Waals surface area contributed by atoms with Gasteiger partial charge in [0.05, 0.1) is 12.5 Å². The first kappa shape index (κ1) is 22.1. The lowest BCUT2D eigenvalue weighted by Crippen LogP contribution is -2.50. The molecule has 3 N–H and O–H groups in total. The molecule has 2 atom stereocenters. The van der Waals surface area contributed by atoms with Crippen LogP contribution in [0.5, 0.6) is 0 Å². The predicted molar refractivity (Wildman–Crippen MR) is 107 cm³/mol. The molecule has 2 aromatic carbocycles. The average molecular weight is 400 g/mol. The van der Waals surface area contributed by atoms with Crippen LogP contribution in [0.2, 0.25) is 0 Å². The van der Waals surface area contributed by atoms with Crippen LogP contribution in [0.15, 0.2) is 48.5 Å². The molecule has 0 bridgehead atoms. The standard InChI is InChI=1S/C22H25FN2O4/c1-13(2)20(25-21(28)16-8-10-17(23)11-9-16)22(29)24-18(12-19(26)27)15-6-4-14(3)5-7-15/h4-11,13,18,20H,12H2,1-3H3,(H,24,29)(H,25,28)(H,26,27)/t18-,20-/m1/s1. The summed E-state index contributed by atoms with van der Waals surface area (Å²) >= 11 is 0. The van der Waals surface area contributed by atoms with E-state index in [9.17, 15) is 23.9 Å². The van der Waals surface area contributed by atoms with Crippen LogP contribution < -0.4 is 10.6 Å². The molecule has 2 amide bonds. The van der Waals surface area contributed by atoms with Crippen molar-refractivity contribution in [2.75, 3.05) is 0 Å². The summed E-state index contributed by atoms with van der Waals surface area (Å²) in [5.74, 6) is -2.75. The molecule has 0 radical (unpaired) electrons. The lowest BCUT2D eigenvalue weighted by molar-refractivity contribution is -0.137. The lowest BCUT2D eigenvalue weighted by atomic mass is 9.99. The summed E-state index contributed by atoms with van der Waals surface area (Å²) in [4.78, 5) is 36.6. The van der Waals surface area contributed by atoms with E-state index >= 15 is 0 Å². The van der Waals surface area contributed by atoms with Crippen LogP contribution in [-0.4, -0.2) is 28.9 Å². The van der Waals surface area contributed by atoms with Crippen molar-refractivity contribution < 1.29 is 23.9 Å². The zero-order chi connectivity index (χ0) is 21.6. The van der Waals surface area contributed by atoms with Crippen LogP contribution in [0.3, 0.4) is 0 Å². The second-order valence-electron chi connectivity index (χ2n) is 7.27. The van der Waals surface area contributed by atoms with Gasteiger partial charge in [0.1, 0.15) is 11.9 Å². The van der Waals surface area contributed by atoms with Crippen LogP contribution in [0.25, 0.3) is 0 Å². The third kappa shape index (κ3) is 6.41. The summed E-state index contributed by atoms with van der Waals surface area (Å²) in [5, 5.41) is 14.6. The molecule has 0 fully saturated rings. The summed E-state index contributed by atoms with van der Waals surface area (Å²) in [6, 6.07) is 10.6. The maximum atomic E-state index is 13.1. The van der Waals surface area contributed by atoms with Crippen molar-refractivity contribution in [1.82, 2.24) is 10.6 Å². The predicted octanol–water partition coefficient (Wildman–Crippen LogP) is 3.22. The number of nitrogens with one attached hydrogen (secondary N) is 2. The Morgan fingerprint density at radius 3 is 2.07 bits per heavy atom. The molecule has 7 heteroatoms. The second kappa shape index (κ2) is 9.82. The van der Waals surface area contributed by atoms with Gasteiger partial charge in [-0.05, 0) is 42.7 Å². The Balaban J connectivity index is 2.16. The van der Waals surface area contributed by atoms with Gasteiger partial charge in [-0.2, -0.15) is 0 Å². The number of carboxylic acid groups (broad SMARTS) is 1. The number of aliphatic carboxylic acids is 1. The molecule has 0 aromatic heterocycles. The molecule has 0 saturated heterocycles. The molecule has 0 aliphatic rings. The van der Waals surface area contributed by atoms with Gasteiger partial charge in [0, 0.05) is 5.56 Å². The SMILES string of the molecule is Cc1ccc([C@@H](CC(=O)O)NC(=O)[C@H](NC(=O)c2ccc(F)cc2)C(C)C)cc1.